The molecule has 5 nitrogen and oxygen atoms in total. The zero-order chi connectivity index (χ0) is 14.0. The molecule has 1 fully saturated rings. The molecule has 1 aliphatic rings. The van der Waals surface area contributed by atoms with Crippen molar-refractivity contribution in [2.45, 2.75) is 25.9 Å². The number of hydrogen-bond acceptors (Lipinski definition) is 4. The number of nitrogens with one attached hydrogen (secondary N) is 1. The van der Waals surface area contributed by atoms with Gasteiger partial charge >= 0.3 is 0 Å². The number of likely N-dealkylation sites (N-methyl/N-ethyl adjacent to an activating group) is 1. The highest BCUT2D eigenvalue weighted by molar-refractivity contribution is 5.30. The average molecular weight is 266 g/mol. The zero-order valence-electron chi connectivity index (χ0n) is 12.7. The Bertz CT molecular complexity index is 416. The highest BCUT2D eigenvalue weighted by Crippen LogP contribution is 2.48. The van der Waals surface area contributed by atoms with E-state index < -0.39 is 0 Å². The number of rotatable bonds is 7. The molecular formula is C14H26N4O. The summed E-state index contributed by atoms with van der Waals surface area (Å²) in [4.78, 5) is 2.17. The van der Waals surface area contributed by atoms with Crippen LogP contribution < -0.4 is 10.1 Å². The van der Waals surface area contributed by atoms with Crippen molar-refractivity contribution in [3.05, 3.63) is 11.9 Å². The van der Waals surface area contributed by atoms with Crippen LogP contribution >= 0.6 is 0 Å². The van der Waals surface area contributed by atoms with Gasteiger partial charge in [-0.15, -0.1) is 0 Å². The maximum atomic E-state index is 5.49. The van der Waals surface area contributed by atoms with Crippen LogP contribution in [0.2, 0.25) is 0 Å². The normalized spacial score (nSPS) is 23.7. The average Bonchev–Trinajstić information content (AvgIpc) is 2.95. The summed E-state index contributed by atoms with van der Waals surface area (Å²) in [6.45, 7) is 4.18. The van der Waals surface area contributed by atoms with Crippen molar-refractivity contribution in [2.24, 2.45) is 11.8 Å². The Kier molecular flexibility index (Phi) is 4.47. The highest BCUT2D eigenvalue weighted by Gasteiger charge is 2.42. The maximum Gasteiger partial charge on any atom is 0.161 e. The van der Waals surface area contributed by atoms with Crippen molar-refractivity contribution < 1.29 is 4.74 Å². The SMILES string of the molecule is CNC(c1c(OC)cnn1CCN(C)C)C1CC1C. The second-order valence-corrected chi connectivity index (χ2v) is 5.77. The van der Waals surface area contributed by atoms with Gasteiger partial charge in [0.05, 0.1) is 31.6 Å². The minimum atomic E-state index is 0.342. The fourth-order valence-corrected chi connectivity index (χ4v) is 2.69. The van der Waals surface area contributed by atoms with Gasteiger partial charge in [0.15, 0.2) is 5.75 Å². The minimum absolute atomic E-state index is 0.342. The largest absolute Gasteiger partial charge is 0.493 e. The predicted molar refractivity (Wildman–Crippen MR) is 76.4 cm³/mol. The maximum absolute atomic E-state index is 5.49. The van der Waals surface area contributed by atoms with Crippen molar-refractivity contribution in [1.82, 2.24) is 20.0 Å². The van der Waals surface area contributed by atoms with Crippen molar-refractivity contribution in [1.29, 1.82) is 0 Å². The van der Waals surface area contributed by atoms with E-state index in [4.69, 9.17) is 4.74 Å². The van der Waals surface area contributed by atoms with Crippen LogP contribution in [0.3, 0.4) is 0 Å². The quantitative estimate of drug-likeness (QED) is 0.809. The molecule has 0 aromatic carbocycles. The fourth-order valence-electron chi connectivity index (χ4n) is 2.69. The fraction of sp³-hybridized carbons (Fsp3) is 0.786. The van der Waals surface area contributed by atoms with Crippen molar-refractivity contribution in [2.75, 3.05) is 34.8 Å². The lowest BCUT2D eigenvalue weighted by atomic mass is 10.1. The van der Waals surface area contributed by atoms with Gasteiger partial charge in [0.1, 0.15) is 0 Å². The number of aromatic nitrogens is 2. The van der Waals surface area contributed by atoms with Gasteiger partial charge in [0, 0.05) is 6.54 Å². The van der Waals surface area contributed by atoms with Gasteiger partial charge in [-0.3, -0.25) is 4.68 Å². The molecule has 108 valence electrons. The van der Waals surface area contributed by atoms with E-state index in [1.807, 2.05) is 13.2 Å². The zero-order valence-corrected chi connectivity index (χ0v) is 12.7. The van der Waals surface area contributed by atoms with Crippen LogP contribution in [-0.4, -0.2) is 49.5 Å². The summed E-state index contributed by atoms with van der Waals surface area (Å²) in [6.07, 6.45) is 3.12. The molecule has 1 heterocycles. The highest BCUT2D eigenvalue weighted by atomic mass is 16.5. The van der Waals surface area contributed by atoms with E-state index in [-0.39, 0.29) is 0 Å². The third-order valence-corrected chi connectivity index (χ3v) is 4.03. The van der Waals surface area contributed by atoms with E-state index >= 15 is 0 Å². The van der Waals surface area contributed by atoms with E-state index in [2.05, 4.69) is 41.0 Å². The summed E-state index contributed by atoms with van der Waals surface area (Å²) in [7, 11) is 7.91. The summed E-state index contributed by atoms with van der Waals surface area (Å²) in [5.74, 6) is 2.39. The predicted octanol–water partition coefficient (Wildman–Crippen LogP) is 1.37. The molecule has 5 heteroatoms. The molecule has 0 spiro atoms. The molecule has 0 aliphatic heterocycles. The van der Waals surface area contributed by atoms with Gasteiger partial charge < -0.3 is 15.0 Å². The smallest absolute Gasteiger partial charge is 0.161 e. The molecular weight excluding hydrogens is 240 g/mol. The Hall–Kier alpha value is -1.07. The summed E-state index contributed by atoms with van der Waals surface area (Å²) in [6, 6.07) is 0.342. The molecule has 1 aliphatic carbocycles. The third kappa shape index (κ3) is 3.09. The molecule has 1 aromatic heterocycles. The molecule has 1 aromatic rings. The van der Waals surface area contributed by atoms with Crippen LogP contribution in [0.4, 0.5) is 0 Å². The van der Waals surface area contributed by atoms with E-state index in [1.165, 1.54) is 12.1 Å². The Balaban J connectivity index is 2.22. The number of methoxy groups -OCH3 is 1. The lowest BCUT2D eigenvalue weighted by Gasteiger charge is -2.20. The first-order valence-corrected chi connectivity index (χ1v) is 7.00. The first-order chi connectivity index (χ1) is 9.08. The lowest BCUT2D eigenvalue weighted by Crippen LogP contribution is -2.26. The van der Waals surface area contributed by atoms with Gasteiger partial charge in [-0.05, 0) is 39.4 Å². The molecule has 3 unspecified atom stereocenters. The number of ether oxygens (including phenoxy) is 1. The van der Waals surface area contributed by atoms with Gasteiger partial charge in [0.25, 0.3) is 0 Å². The van der Waals surface area contributed by atoms with Crippen LogP contribution in [-0.2, 0) is 6.54 Å². The molecule has 0 saturated heterocycles. The molecule has 2 rings (SSSR count). The number of hydrogen-bond donors (Lipinski definition) is 1. The van der Waals surface area contributed by atoms with Crippen LogP contribution in [0.15, 0.2) is 6.20 Å². The monoisotopic (exact) mass is 266 g/mol. The first-order valence-electron chi connectivity index (χ1n) is 7.00. The van der Waals surface area contributed by atoms with Crippen LogP contribution in [0, 0.1) is 11.8 Å². The second-order valence-electron chi connectivity index (χ2n) is 5.77. The van der Waals surface area contributed by atoms with Crippen molar-refractivity contribution in [3.63, 3.8) is 0 Å². The minimum Gasteiger partial charge on any atom is -0.493 e. The Labute approximate surface area is 115 Å². The van der Waals surface area contributed by atoms with E-state index in [9.17, 15) is 0 Å². The first kappa shape index (κ1) is 14.3. The van der Waals surface area contributed by atoms with Gasteiger partial charge in [-0.1, -0.05) is 6.92 Å². The second kappa shape index (κ2) is 5.92. The lowest BCUT2D eigenvalue weighted by molar-refractivity contribution is 0.349. The third-order valence-electron chi connectivity index (χ3n) is 4.03. The molecule has 1 N–H and O–H groups in total. The molecule has 0 amide bonds. The molecule has 3 atom stereocenters. The van der Waals surface area contributed by atoms with Crippen molar-refractivity contribution in [3.8, 4) is 5.75 Å². The van der Waals surface area contributed by atoms with Gasteiger partial charge in [-0.25, -0.2) is 0 Å². The summed E-state index contributed by atoms with van der Waals surface area (Å²) in [5, 5.41) is 7.93. The summed E-state index contributed by atoms with van der Waals surface area (Å²) in [5.41, 5.74) is 1.20. The topological polar surface area (TPSA) is 42.3 Å². The number of nitrogens with zero attached hydrogens (tertiary/aromatic N) is 3. The Morgan fingerprint density at radius 1 is 1.58 bits per heavy atom. The molecule has 0 bridgehead atoms. The standard InChI is InChI=1S/C14H26N4O/c1-10-8-11(10)13(15-2)14-12(19-5)9-16-18(14)7-6-17(3)4/h9-11,13,15H,6-8H2,1-5H3. The molecule has 19 heavy (non-hydrogen) atoms. The van der Waals surface area contributed by atoms with Crippen LogP contribution in [0.5, 0.6) is 5.75 Å². The Morgan fingerprint density at radius 2 is 2.26 bits per heavy atom. The van der Waals surface area contributed by atoms with Gasteiger partial charge in [-0.2, -0.15) is 5.10 Å². The van der Waals surface area contributed by atoms with E-state index in [0.29, 0.717) is 12.0 Å². The summed E-state index contributed by atoms with van der Waals surface area (Å²) >= 11 is 0. The van der Waals surface area contributed by atoms with Crippen molar-refractivity contribution >= 4 is 0 Å². The van der Waals surface area contributed by atoms with E-state index in [0.717, 1.165) is 24.8 Å². The van der Waals surface area contributed by atoms with Crippen LogP contribution in [0.25, 0.3) is 0 Å². The molecule has 0 radical (unpaired) electrons. The Morgan fingerprint density at radius 3 is 2.74 bits per heavy atom. The van der Waals surface area contributed by atoms with E-state index in [1.54, 1.807) is 7.11 Å². The summed E-state index contributed by atoms with van der Waals surface area (Å²) < 4.78 is 7.58. The van der Waals surface area contributed by atoms with Gasteiger partial charge in [0.2, 0.25) is 0 Å². The van der Waals surface area contributed by atoms with Crippen LogP contribution in [0.1, 0.15) is 25.1 Å². The molecule has 1 saturated carbocycles.